The first-order chi connectivity index (χ1) is 11.0. The number of esters is 1. The highest BCUT2D eigenvalue weighted by molar-refractivity contribution is 6.30. The number of hydrogen-bond acceptors (Lipinski definition) is 2. The number of hydrogen-bond donors (Lipinski definition) is 0. The van der Waals surface area contributed by atoms with Crippen molar-refractivity contribution in [3.05, 3.63) is 70.0 Å². The van der Waals surface area contributed by atoms with Gasteiger partial charge in [0.2, 0.25) is 0 Å². The summed E-state index contributed by atoms with van der Waals surface area (Å²) in [4.78, 5) is 11.4. The van der Waals surface area contributed by atoms with Gasteiger partial charge in [0, 0.05) is 5.02 Å². The average molecular weight is 355 g/mol. The van der Waals surface area contributed by atoms with Gasteiger partial charge in [0.1, 0.15) is 11.9 Å². The molecule has 3 rings (SSSR count). The standard InChI is InChI=1S/C12H12ClFO2.C6H5Cl/c1-7-2-5-11(16-12(7)15)8-3-4-9(13)10(14)6-8;7-6-4-2-1-3-5-6/h3-4,6-7,11H,2,5H2,1H3;1-5H/t7-,11-;/m1./s1. The highest BCUT2D eigenvalue weighted by Crippen LogP contribution is 2.32. The molecule has 0 unspecified atom stereocenters. The number of carbonyl (C=O) groups is 1. The third-order valence-electron chi connectivity index (χ3n) is 3.57. The van der Waals surface area contributed by atoms with E-state index in [-0.39, 0.29) is 23.0 Å². The summed E-state index contributed by atoms with van der Waals surface area (Å²) in [5.41, 5.74) is 0.669. The van der Waals surface area contributed by atoms with Gasteiger partial charge in [-0.3, -0.25) is 4.79 Å². The van der Waals surface area contributed by atoms with Crippen LogP contribution in [0.15, 0.2) is 48.5 Å². The van der Waals surface area contributed by atoms with Gasteiger partial charge in [0.15, 0.2) is 0 Å². The van der Waals surface area contributed by atoms with Gasteiger partial charge in [-0.15, -0.1) is 0 Å². The zero-order chi connectivity index (χ0) is 16.8. The lowest BCUT2D eigenvalue weighted by Crippen LogP contribution is -2.24. The zero-order valence-electron chi connectivity index (χ0n) is 12.6. The molecule has 1 aliphatic rings. The molecular formula is C18H17Cl2FO2. The molecule has 0 aliphatic carbocycles. The molecule has 0 spiro atoms. The van der Waals surface area contributed by atoms with E-state index in [0.29, 0.717) is 5.56 Å². The van der Waals surface area contributed by atoms with Crippen molar-refractivity contribution in [1.29, 1.82) is 0 Å². The smallest absolute Gasteiger partial charge is 0.309 e. The van der Waals surface area contributed by atoms with E-state index in [2.05, 4.69) is 0 Å². The van der Waals surface area contributed by atoms with E-state index >= 15 is 0 Å². The third kappa shape index (κ3) is 5.22. The van der Waals surface area contributed by atoms with E-state index in [1.807, 2.05) is 37.3 Å². The molecule has 2 aromatic carbocycles. The molecule has 2 atom stereocenters. The molecular weight excluding hydrogens is 338 g/mol. The normalized spacial score (nSPS) is 20.3. The number of halogens is 3. The fourth-order valence-corrected chi connectivity index (χ4v) is 2.46. The number of benzene rings is 2. The fourth-order valence-electron chi connectivity index (χ4n) is 2.20. The molecule has 1 fully saturated rings. The summed E-state index contributed by atoms with van der Waals surface area (Å²) in [6.45, 7) is 1.83. The van der Waals surface area contributed by atoms with Gasteiger partial charge in [0.05, 0.1) is 10.9 Å². The Hall–Kier alpha value is -1.58. The lowest BCUT2D eigenvalue weighted by atomic mass is 9.95. The van der Waals surface area contributed by atoms with Crippen LogP contribution in [-0.4, -0.2) is 5.97 Å². The van der Waals surface area contributed by atoms with Crippen LogP contribution in [0.2, 0.25) is 10.0 Å². The first-order valence-electron chi connectivity index (χ1n) is 7.33. The van der Waals surface area contributed by atoms with Crippen molar-refractivity contribution >= 4 is 29.2 Å². The fraction of sp³-hybridized carbons (Fsp3) is 0.278. The summed E-state index contributed by atoms with van der Waals surface area (Å²) >= 11 is 11.1. The molecule has 23 heavy (non-hydrogen) atoms. The van der Waals surface area contributed by atoms with Crippen LogP contribution in [0.3, 0.4) is 0 Å². The zero-order valence-corrected chi connectivity index (χ0v) is 14.1. The number of carbonyl (C=O) groups excluding carboxylic acids is 1. The summed E-state index contributed by atoms with van der Waals surface area (Å²) < 4.78 is 18.5. The average Bonchev–Trinajstić information content (AvgIpc) is 2.54. The molecule has 122 valence electrons. The van der Waals surface area contributed by atoms with Crippen molar-refractivity contribution < 1.29 is 13.9 Å². The predicted molar refractivity (Wildman–Crippen MR) is 90.1 cm³/mol. The van der Waals surface area contributed by atoms with Crippen molar-refractivity contribution in [3.8, 4) is 0 Å². The maximum absolute atomic E-state index is 13.2. The van der Waals surface area contributed by atoms with Gasteiger partial charge in [-0.1, -0.05) is 54.4 Å². The molecule has 2 aromatic rings. The SMILES string of the molecule is C[C@@H]1CC[C@H](c2ccc(Cl)c(F)c2)OC1=O.Clc1ccccc1. The molecule has 0 bridgehead atoms. The van der Waals surface area contributed by atoms with Crippen LogP contribution < -0.4 is 0 Å². The van der Waals surface area contributed by atoms with E-state index in [1.165, 1.54) is 12.1 Å². The van der Waals surface area contributed by atoms with Crippen molar-refractivity contribution in [3.63, 3.8) is 0 Å². The molecule has 1 aliphatic heterocycles. The Bertz CT molecular complexity index is 661. The highest BCUT2D eigenvalue weighted by Gasteiger charge is 2.28. The van der Waals surface area contributed by atoms with Crippen molar-refractivity contribution in [2.75, 3.05) is 0 Å². The quantitative estimate of drug-likeness (QED) is 0.601. The Balaban J connectivity index is 0.000000229. The van der Waals surface area contributed by atoms with E-state index < -0.39 is 5.82 Å². The molecule has 0 amide bonds. The van der Waals surface area contributed by atoms with Crippen LogP contribution in [0.25, 0.3) is 0 Å². The summed E-state index contributed by atoms with van der Waals surface area (Å²) in [5.74, 6) is -0.756. The van der Waals surface area contributed by atoms with Crippen LogP contribution in [0.4, 0.5) is 4.39 Å². The largest absolute Gasteiger partial charge is 0.457 e. The Morgan fingerprint density at radius 1 is 1.09 bits per heavy atom. The van der Waals surface area contributed by atoms with E-state index in [9.17, 15) is 9.18 Å². The maximum Gasteiger partial charge on any atom is 0.309 e. The van der Waals surface area contributed by atoms with Crippen LogP contribution in [0, 0.1) is 11.7 Å². The number of cyclic esters (lactones) is 1. The minimum atomic E-state index is -0.478. The highest BCUT2D eigenvalue weighted by atomic mass is 35.5. The molecule has 0 saturated carbocycles. The molecule has 0 N–H and O–H groups in total. The molecule has 0 aromatic heterocycles. The van der Waals surface area contributed by atoms with Crippen LogP contribution in [0.5, 0.6) is 0 Å². The maximum atomic E-state index is 13.2. The first-order valence-corrected chi connectivity index (χ1v) is 8.09. The van der Waals surface area contributed by atoms with E-state index in [0.717, 1.165) is 17.9 Å². The Kier molecular flexibility index (Phi) is 6.43. The van der Waals surface area contributed by atoms with Gasteiger partial charge >= 0.3 is 5.97 Å². The Morgan fingerprint density at radius 2 is 1.78 bits per heavy atom. The van der Waals surface area contributed by atoms with Gasteiger partial charge < -0.3 is 4.74 Å². The third-order valence-corrected chi connectivity index (χ3v) is 4.13. The molecule has 1 saturated heterocycles. The van der Waals surface area contributed by atoms with Crippen molar-refractivity contribution in [2.24, 2.45) is 5.92 Å². The second kappa shape index (κ2) is 8.32. The van der Waals surface area contributed by atoms with Crippen molar-refractivity contribution in [1.82, 2.24) is 0 Å². The van der Waals surface area contributed by atoms with Crippen molar-refractivity contribution in [2.45, 2.75) is 25.9 Å². The number of rotatable bonds is 1. The molecule has 0 radical (unpaired) electrons. The minimum absolute atomic E-state index is 0.0617. The molecule has 1 heterocycles. The topological polar surface area (TPSA) is 26.3 Å². The Labute approximate surface area is 145 Å². The minimum Gasteiger partial charge on any atom is -0.457 e. The summed E-state index contributed by atoms with van der Waals surface area (Å²) in [6.07, 6.45) is 1.16. The van der Waals surface area contributed by atoms with E-state index in [1.54, 1.807) is 6.07 Å². The van der Waals surface area contributed by atoms with Crippen LogP contribution in [0.1, 0.15) is 31.4 Å². The first kappa shape index (κ1) is 17.8. The van der Waals surface area contributed by atoms with Crippen LogP contribution in [-0.2, 0) is 9.53 Å². The lowest BCUT2D eigenvalue weighted by molar-refractivity contribution is -0.159. The summed E-state index contributed by atoms with van der Waals surface area (Å²) in [5, 5.41) is 0.877. The molecule has 2 nitrogen and oxygen atoms in total. The lowest BCUT2D eigenvalue weighted by Gasteiger charge is -2.26. The Morgan fingerprint density at radius 3 is 2.30 bits per heavy atom. The predicted octanol–water partition coefficient (Wildman–Crippen LogP) is 5.83. The summed E-state index contributed by atoms with van der Waals surface area (Å²) in [7, 11) is 0. The monoisotopic (exact) mass is 354 g/mol. The number of ether oxygens (including phenoxy) is 1. The summed E-state index contributed by atoms with van der Waals surface area (Å²) in [6, 6.07) is 14.0. The van der Waals surface area contributed by atoms with E-state index in [4.69, 9.17) is 27.9 Å². The van der Waals surface area contributed by atoms with Crippen LogP contribution >= 0.6 is 23.2 Å². The van der Waals surface area contributed by atoms with Gasteiger partial charge in [-0.05, 0) is 42.7 Å². The van der Waals surface area contributed by atoms with Gasteiger partial charge in [-0.2, -0.15) is 0 Å². The van der Waals surface area contributed by atoms with Gasteiger partial charge in [-0.25, -0.2) is 4.39 Å². The second-order valence-electron chi connectivity index (χ2n) is 5.37. The second-order valence-corrected chi connectivity index (χ2v) is 6.22. The van der Waals surface area contributed by atoms with Gasteiger partial charge in [0.25, 0.3) is 0 Å². The molecule has 5 heteroatoms.